The third-order valence-corrected chi connectivity index (χ3v) is 21.7. The summed E-state index contributed by atoms with van der Waals surface area (Å²) in [5, 5.41) is 0. The van der Waals surface area contributed by atoms with Gasteiger partial charge < -0.3 is 0 Å². The summed E-state index contributed by atoms with van der Waals surface area (Å²) in [5.74, 6) is 0. The Morgan fingerprint density at radius 2 is 0.817 bits per heavy atom. The summed E-state index contributed by atoms with van der Waals surface area (Å²) in [7, 11) is 0. The first-order chi connectivity index (χ1) is 28.3. The van der Waals surface area contributed by atoms with Gasteiger partial charge in [-0.05, 0) is 0 Å². The summed E-state index contributed by atoms with van der Waals surface area (Å²) in [6.45, 7) is 14.0. The van der Waals surface area contributed by atoms with Crippen molar-refractivity contribution in [2.45, 2.75) is 67.2 Å². The van der Waals surface area contributed by atoms with Crippen molar-refractivity contribution in [1.29, 1.82) is 0 Å². The third kappa shape index (κ3) is 8.77. The number of allylic oxidation sites excluding steroid dienone is 4. The molecule has 0 spiro atoms. The molecule has 60 heavy (non-hydrogen) atoms. The fraction of sp³-hybridized carbons (Fsp3) is 0.226. The number of hydrogen-bond acceptors (Lipinski definition) is 0. The van der Waals surface area contributed by atoms with Crippen LogP contribution in [0.2, 0.25) is 3.63 Å². The van der Waals surface area contributed by atoms with E-state index >= 15 is 0 Å². The van der Waals surface area contributed by atoms with Gasteiger partial charge in [-0.15, -0.1) is 0 Å². The van der Waals surface area contributed by atoms with E-state index < -0.39 is 28.9 Å². The molecule has 6 aromatic carbocycles. The van der Waals surface area contributed by atoms with Crippen LogP contribution in [0.1, 0.15) is 89.7 Å². The molecule has 7 heteroatoms. The van der Waals surface area contributed by atoms with E-state index in [1.54, 1.807) is 0 Å². The van der Waals surface area contributed by atoms with Crippen molar-refractivity contribution >= 4 is 72.8 Å². The van der Waals surface area contributed by atoms with Crippen LogP contribution in [0.4, 0.5) is 0 Å². The van der Waals surface area contributed by atoms with E-state index in [0.717, 1.165) is 11.1 Å². The fourth-order valence-corrected chi connectivity index (χ4v) is 19.0. The van der Waals surface area contributed by atoms with Crippen LogP contribution in [0.25, 0.3) is 33.4 Å². The van der Waals surface area contributed by atoms with Gasteiger partial charge in [-0.25, -0.2) is 0 Å². The molecule has 6 aromatic rings. The summed E-state index contributed by atoms with van der Waals surface area (Å²) >= 11 is 35.5. The summed E-state index contributed by atoms with van der Waals surface area (Å²) < 4.78 is -1.40. The summed E-state index contributed by atoms with van der Waals surface area (Å²) in [6.07, 6.45) is 9.27. The molecular formula is C53H46Cl6Zr. The van der Waals surface area contributed by atoms with Crippen molar-refractivity contribution in [3.05, 3.63) is 202 Å². The molecule has 0 aromatic heterocycles. The maximum absolute atomic E-state index is 6.45. The molecular weight excluding hydrogens is 941 g/mol. The predicted octanol–water partition coefficient (Wildman–Crippen LogP) is 17.1. The summed E-state index contributed by atoms with van der Waals surface area (Å²) in [4.78, 5) is 0. The minimum absolute atomic E-state index is 0.112. The van der Waals surface area contributed by atoms with Crippen LogP contribution in [-0.4, -0.2) is 3.21 Å². The van der Waals surface area contributed by atoms with Crippen LogP contribution >= 0.6 is 69.6 Å². The normalized spacial score (nSPS) is 14.4. The van der Waals surface area contributed by atoms with Gasteiger partial charge in [-0.3, -0.25) is 0 Å². The quantitative estimate of drug-likeness (QED) is 0.146. The molecule has 2 aliphatic rings. The molecule has 0 saturated heterocycles. The number of benzene rings is 6. The van der Waals surface area contributed by atoms with Crippen LogP contribution in [-0.2, 0) is 39.7 Å². The van der Waals surface area contributed by atoms with Crippen LogP contribution in [0.3, 0.4) is 0 Å². The van der Waals surface area contributed by atoms with Gasteiger partial charge in [0, 0.05) is 0 Å². The molecule has 8 rings (SSSR count). The van der Waals surface area contributed by atoms with Crippen molar-refractivity contribution in [3.8, 4) is 33.4 Å². The SMILES string of the molecule is CC(C)(C)c1cc2c(cc1-c1ccccc1)[CH]([Zr](=[C](c1ccc(C(Cl)(Cl)Cl)cc1)c1ccc(C(Cl)(Cl)Cl)cc1)[CH]1C=CC=C1)c1cc(-c3ccccc3)c(C(C)(C)C)cc1-2. The van der Waals surface area contributed by atoms with E-state index in [0.29, 0.717) is 11.1 Å². The van der Waals surface area contributed by atoms with Gasteiger partial charge in [0.25, 0.3) is 0 Å². The third-order valence-electron chi connectivity index (χ3n) is 11.8. The van der Waals surface area contributed by atoms with Gasteiger partial charge in [0.15, 0.2) is 0 Å². The topological polar surface area (TPSA) is 0 Å². The molecule has 0 atom stereocenters. The Labute approximate surface area is 393 Å². The van der Waals surface area contributed by atoms with Gasteiger partial charge in [0.2, 0.25) is 0 Å². The van der Waals surface area contributed by atoms with Crippen molar-refractivity contribution in [2.24, 2.45) is 0 Å². The van der Waals surface area contributed by atoms with Gasteiger partial charge in [0.05, 0.1) is 0 Å². The van der Waals surface area contributed by atoms with E-state index in [-0.39, 0.29) is 18.1 Å². The average molecular weight is 987 g/mol. The molecule has 0 aliphatic heterocycles. The predicted molar refractivity (Wildman–Crippen MR) is 259 cm³/mol. The van der Waals surface area contributed by atoms with E-state index in [9.17, 15) is 0 Å². The Morgan fingerprint density at radius 3 is 1.15 bits per heavy atom. The first-order valence-electron chi connectivity index (χ1n) is 20.2. The van der Waals surface area contributed by atoms with Crippen molar-refractivity contribution in [2.75, 3.05) is 0 Å². The number of rotatable bonds is 6. The number of halogens is 6. The Bertz CT molecular complexity index is 2470. The van der Waals surface area contributed by atoms with Crippen molar-refractivity contribution in [3.63, 3.8) is 0 Å². The Morgan fingerprint density at radius 1 is 0.450 bits per heavy atom. The van der Waals surface area contributed by atoms with Gasteiger partial charge >= 0.3 is 397 Å². The van der Waals surface area contributed by atoms with Gasteiger partial charge in [-0.2, -0.15) is 0 Å². The molecule has 0 bridgehead atoms. The van der Waals surface area contributed by atoms with Crippen LogP contribution in [0.15, 0.2) is 158 Å². The number of fused-ring (bicyclic) bond motifs is 3. The van der Waals surface area contributed by atoms with Crippen LogP contribution in [0.5, 0.6) is 0 Å². The standard InChI is InChI=1S/C33H33.C15H8Cl6.C5H5.Zr/c1-32(2,3)30-20-26-24(18-28(30)22-13-9-7-10-14-22)17-25-19-29(23-15-11-8-12-16-23)31(21-27(25)26)33(4,5)6;16-14(17,18)12-5-1-10(2-6-12)9-11-3-7-13(8-4-11)15(19,20)21;1-2-4-5-3-1;/h7-21H,1-6H3;1-8H;1-5H;. The zero-order valence-corrected chi connectivity index (χ0v) is 41.4. The van der Waals surface area contributed by atoms with E-state index in [4.69, 9.17) is 69.6 Å². The zero-order chi connectivity index (χ0) is 42.8. The first-order valence-corrected chi connectivity index (χ1v) is 26.6. The molecule has 304 valence electrons. The summed E-state index contributed by atoms with van der Waals surface area (Å²) in [5.41, 5.74) is 16.3. The first kappa shape index (κ1) is 43.9. The monoisotopic (exact) mass is 982 g/mol. The zero-order valence-electron chi connectivity index (χ0n) is 34.4. The second-order valence-electron chi connectivity index (χ2n) is 17.9. The van der Waals surface area contributed by atoms with Crippen molar-refractivity contribution < 1.29 is 21.3 Å². The molecule has 0 unspecified atom stereocenters. The van der Waals surface area contributed by atoms with Crippen molar-refractivity contribution in [1.82, 2.24) is 0 Å². The molecule has 2 aliphatic carbocycles. The molecule has 0 saturated carbocycles. The second-order valence-corrected chi connectivity index (χ2v) is 29.0. The second kappa shape index (κ2) is 16.8. The Kier molecular flexibility index (Phi) is 12.3. The average Bonchev–Trinajstić information content (AvgIpc) is 3.85. The molecule has 0 radical (unpaired) electrons. The molecule has 0 amide bonds. The molecule has 0 heterocycles. The molecule has 0 N–H and O–H groups in total. The summed E-state index contributed by atoms with van der Waals surface area (Å²) in [6, 6.07) is 48.2. The molecule has 0 nitrogen and oxygen atoms in total. The van der Waals surface area contributed by atoms with Crippen LogP contribution in [0, 0.1) is 0 Å². The van der Waals surface area contributed by atoms with Gasteiger partial charge in [-0.1, -0.05) is 0 Å². The minimum atomic E-state index is -3.21. The van der Waals surface area contributed by atoms with E-state index in [2.05, 4.69) is 175 Å². The Hall–Kier alpha value is -2.71. The molecule has 0 fully saturated rings. The maximum atomic E-state index is 6.45. The Balaban J connectivity index is 1.54. The van der Waals surface area contributed by atoms with Crippen LogP contribution < -0.4 is 0 Å². The number of hydrogen-bond donors (Lipinski definition) is 0. The van der Waals surface area contributed by atoms with E-state index in [1.807, 2.05) is 24.3 Å². The number of alkyl halides is 6. The van der Waals surface area contributed by atoms with E-state index in [1.165, 1.54) is 58.8 Å². The fourth-order valence-electron chi connectivity index (χ4n) is 8.93. The van der Waals surface area contributed by atoms with Gasteiger partial charge in [0.1, 0.15) is 0 Å².